The van der Waals surface area contributed by atoms with E-state index in [4.69, 9.17) is 15.7 Å². The molecule has 0 saturated heterocycles. The number of amides is 1. The maximum atomic E-state index is 11.5. The number of ether oxygens (including phenoxy) is 1. The minimum atomic E-state index is -0.671. The number of nitrogens with zero attached hydrogens (tertiary/aromatic N) is 1. The summed E-state index contributed by atoms with van der Waals surface area (Å²) in [6, 6.07) is 8.13. The summed E-state index contributed by atoms with van der Waals surface area (Å²) in [5.41, 5.74) is 6.06. The Kier molecular flexibility index (Phi) is 4.51. The van der Waals surface area contributed by atoms with Gasteiger partial charge in [-0.1, -0.05) is 12.1 Å². The van der Waals surface area contributed by atoms with Crippen LogP contribution in [0.15, 0.2) is 24.3 Å². The van der Waals surface area contributed by atoms with Crippen LogP contribution in [0.4, 0.5) is 5.69 Å². The normalized spacial score (nSPS) is 9.12. The quantitative estimate of drug-likeness (QED) is 0.434. The van der Waals surface area contributed by atoms with E-state index in [1.807, 2.05) is 0 Å². The summed E-state index contributed by atoms with van der Waals surface area (Å²) in [5, 5.41) is 10.5. The van der Waals surface area contributed by atoms with Gasteiger partial charge < -0.3 is 15.8 Å². The van der Waals surface area contributed by atoms with Gasteiger partial charge in [-0.2, -0.15) is 5.26 Å². The van der Waals surface area contributed by atoms with Crippen molar-refractivity contribution >= 4 is 17.6 Å². The maximum Gasteiger partial charge on any atom is 0.340 e. The minimum absolute atomic E-state index is 0.121. The molecule has 0 aromatic heterocycles. The summed E-state index contributed by atoms with van der Waals surface area (Å²) < 4.78 is 4.73. The molecule has 0 aliphatic carbocycles. The molecule has 1 rings (SSSR count). The highest BCUT2D eigenvalue weighted by atomic mass is 16.5. The second-order valence-corrected chi connectivity index (χ2v) is 3.10. The molecule has 0 heterocycles. The summed E-state index contributed by atoms with van der Waals surface area (Å²) in [4.78, 5) is 22.5. The van der Waals surface area contributed by atoms with Crippen LogP contribution in [-0.2, 0) is 9.53 Å². The molecule has 1 amide bonds. The lowest BCUT2D eigenvalue weighted by Crippen LogP contribution is -2.29. The first-order chi connectivity index (χ1) is 8.15. The number of para-hydroxylation sites is 1. The van der Waals surface area contributed by atoms with Crippen LogP contribution in [0, 0.1) is 11.3 Å². The number of anilines is 1. The molecule has 3 N–H and O–H groups in total. The molecular weight excluding hydrogens is 222 g/mol. The van der Waals surface area contributed by atoms with Gasteiger partial charge >= 0.3 is 5.97 Å². The van der Waals surface area contributed by atoms with Gasteiger partial charge in [0.1, 0.15) is 6.54 Å². The molecule has 0 fully saturated rings. The van der Waals surface area contributed by atoms with Crippen molar-refractivity contribution in [3.05, 3.63) is 29.8 Å². The fourth-order valence-electron chi connectivity index (χ4n) is 1.08. The van der Waals surface area contributed by atoms with Gasteiger partial charge in [0.2, 0.25) is 0 Å². The first kappa shape index (κ1) is 12.5. The first-order valence-electron chi connectivity index (χ1n) is 4.80. The van der Waals surface area contributed by atoms with E-state index in [0.717, 1.165) is 0 Å². The number of nitrogens with one attached hydrogen (secondary N) is 1. The Hall–Kier alpha value is -2.55. The third kappa shape index (κ3) is 3.83. The van der Waals surface area contributed by atoms with Crippen LogP contribution < -0.4 is 11.1 Å². The smallest absolute Gasteiger partial charge is 0.340 e. The van der Waals surface area contributed by atoms with Gasteiger partial charge in [0.15, 0.2) is 6.61 Å². The zero-order valence-corrected chi connectivity index (χ0v) is 8.97. The van der Waals surface area contributed by atoms with Crippen molar-refractivity contribution in [2.45, 2.75) is 0 Å². The molecule has 1 aromatic rings. The maximum absolute atomic E-state index is 11.5. The number of benzene rings is 1. The standard InChI is InChI=1S/C11H11N3O3/c12-5-6-14-10(15)7-17-11(16)8-3-1-2-4-9(8)13/h1-4H,6-7,13H2,(H,14,15). The van der Waals surface area contributed by atoms with Crippen molar-refractivity contribution in [3.63, 3.8) is 0 Å². The van der Waals surface area contributed by atoms with Crippen LogP contribution >= 0.6 is 0 Å². The lowest BCUT2D eigenvalue weighted by atomic mass is 10.2. The highest BCUT2D eigenvalue weighted by Gasteiger charge is 2.12. The molecule has 0 saturated carbocycles. The Morgan fingerprint density at radius 3 is 2.76 bits per heavy atom. The van der Waals surface area contributed by atoms with Crippen molar-refractivity contribution in [2.24, 2.45) is 0 Å². The number of nitrogen functional groups attached to an aromatic ring is 1. The fraction of sp³-hybridized carbons (Fsp3) is 0.182. The summed E-state index contributed by atoms with van der Waals surface area (Å²) in [6.07, 6.45) is 0. The molecule has 0 radical (unpaired) electrons. The Morgan fingerprint density at radius 1 is 1.41 bits per heavy atom. The van der Waals surface area contributed by atoms with Gasteiger partial charge in [-0.15, -0.1) is 0 Å². The van der Waals surface area contributed by atoms with Crippen LogP contribution in [0.5, 0.6) is 0 Å². The SMILES string of the molecule is N#CCNC(=O)COC(=O)c1ccccc1N. The third-order valence-electron chi connectivity index (χ3n) is 1.88. The van der Waals surface area contributed by atoms with E-state index in [1.54, 1.807) is 24.3 Å². The number of hydrogen-bond donors (Lipinski definition) is 2. The number of esters is 1. The van der Waals surface area contributed by atoms with Crippen LogP contribution in [0.3, 0.4) is 0 Å². The van der Waals surface area contributed by atoms with Gasteiger partial charge in [-0.25, -0.2) is 4.79 Å². The van der Waals surface area contributed by atoms with E-state index < -0.39 is 18.5 Å². The van der Waals surface area contributed by atoms with Crippen LogP contribution in [-0.4, -0.2) is 25.0 Å². The zero-order chi connectivity index (χ0) is 12.7. The zero-order valence-electron chi connectivity index (χ0n) is 8.97. The highest BCUT2D eigenvalue weighted by Crippen LogP contribution is 2.11. The molecule has 0 aliphatic heterocycles. The van der Waals surface area contributed by atoms with Crippen LogP contribution in [0.2, 0.25) is 0 Å². The number of carbonyl (C=O) groups is 2. The molecule has 0 aliphatic rings. The molecule has 0 spiro atoms. The van der Waals surface area contributed by atoms with Gasteiger partial charge in [0.25, 0.3) is 5.91 Å². The van der Waals surface area contributed by atoms with Crippen molar-refractivity contribution in [2.75, 3.05) is 18.9 Å². The summed E-state index contributed by atoms with van der Waals surface area (Å²) >= 11 is 0. The van der Waals surface area contributed by atoms with E-state index in [1.165, 1.54) is 6.07 Å². The molecule has 1 aromatic carbocycles. The number of carbonyl (C=O) groups excluding carboxylic acids is 2. The van der Waals surface area contributed by atoms with E-state index >= 15 is 0 Å². The predicted molar refractivity (Wildman–Crippen MR) is 59.8 cm³/mol. The highest BCUT2D eigenvalue weighted by molar-refractivity contribution is 5.96. The molecule has 88 valence electrons. The van der Waals surface area contributed by atoms with E-state index in [9.17, 15) is 9.59 Å². The van der Waals surface area contributed by atoms with Crippen LogP contribution in [0.25, 0.3) is 0 Å². The average molecular weight is 233 g/mol. The van der Waals surface area contributed by atoms with Gasteiger partial charge in [0.05, 0.1) is 11.6 Å². The van der Waals surface area contributed by atoms with Crippen LogP contribution in [0.1, 0.15) is 10.4 Å². The van der Waals surface area contributed by atoms with Crippen molar-refractivity contribution in [1.82, 2.24) is 5.32 Å². The van der Waals surface area contributed by atoms with E-state index in [-0.39, 0.29) is 17.8 Å². The second kappa shape index (κ2) is 6.12. The molecule has 6 nitrogen and oxygen atoms in total. The van der Waals surface area contributed by atoms with E-state index in [0.29, 0.717) is 0 Å². The van der Waals surface area contributed by atoms with Crippen molar-refractivity contribution < 1.29 is 14.3 Å². The summed E-state index contributed by atoms with van der Waals surface area (Å²) in [7, 11) is 0. The Labute approximate surface area is 98.0 Å². The number of hydrogen-bond acceptors (Lipinski definition) is 5. The summed E-state index contributed by atoms with van der Waals surface area (Å²) in [5.74, 6) is -1.20. The lowest BCUT2D eigenvalue weighted by molar-refractivity contribution is -0.123. The largest absolute Gasteiger partial charge is 0.452 e. The number of rotatable bonds is 4. The second-order valence-electron chi connectivity index (χ2n) is 3.10. The number of nitriles is 1. The lowest BCUT2D eigenvalue weighted by Gasteiger charge is -2.06. The average Bonchev–Trinajstić information content (AvgIpc) is 2.34. The molecular formula is C11H11N3O3. The molecule has 0 atom stereocenters. The molecule has 0 unspecified atom stereocenters. The van der Waals surface area contributed by atoms with Gasteiger partial charge in [-0.3, -0.25) is 4.79 Å². The Balaban J connectivity index is 2.49. The van der Waals surface area contributed by atoms with Gasteiger partial charge in [0, 0.05) is 5.69 Å². The first-order valence-corrected chi connectivity index (χ1v) is 4.80. The summed E-state index contributed by atoms with van der Waals surface area (Å²) in [6.45, 7) is -0.557. The minimum Gasteiger partial charge on any atom is -0.452 e. The number of nitrogens with two attached hydrogens (primary N) is 1. The predicted octanol–water partition coefficient (Wildman–Crippen LogP) is 0.0654. The topological polar surface area (TPSA) is 105 Å². The molecule has 0 bridgehead atoms. The third-order valence-corrected chi connectivity index (χ3v) is 1.88. The molecule has 17 heavy (non-hydrogen) atoms. The molecule has 6 heteroatoms. The van der Waals surface area contributed by atoms with Crippen molar-refractivity contribution in [1.29, 1.82) is 5.26 Å². The fourth-order valence-corrected chi connectivity index (χ4v) is 1.08. The monoisotopic (exact) mass is 233 g/mol. The Bertz CT molecular complexity index is 465. The Morgan fingerprint density at radius 2 is 2.12 bits per heavy atom. The van der Waals surface area contributed by atoms with E-state index in [2.05, 4.69) is 5.32 Å². The van der Waals surface area contributed by atoms with Gasteiger partial charge in [-0.05, 0) is 12.1 Å². The van der Waals surface area contributed by atoms with Crippen molar-refractivity contribution in [3.8, 4) is 6.07 Å².